The summed E-state index contributed by atoms with van der Waals surface area (Å²) < 4.78 is 22.9. The number of aliphatic hydroxyl groups excluding tert-OH is 1. The van der Waals surface area contributed by atoms with Crippen molar-refractivity contribution in [3.05, 3.63) is 118 Å². The van der Waals surface area contributed by atoms with Crippen LogP contribution in [0.3, 0.4) is 0 Å². The first-order valence-corrected chi connectivity index (χ1v) is 11.6. The van der Waals surface area contributed by atoms with Gasteiger partial charge in [0.1, 0.15) is 31.0 Å². The van der Waals surface area contributed by atoms with Gasteiger partial charge in [0.05, 0.1) is 17.7 Å². The predicted octanol–water partition coefficient (Wildman–Crippen LogP) is 4.05. The van der Waals surface area contributed by atoms with Gasteiger partial charge >= 0.3 is 11.9 Å². The standard InChI is InChI=1S/C27H25N3O7/c28-30-29-22-24(37-26(32)20-14-8-3-9-15-20)23(34-16-18-10-4-1-5-11-18)21(36-27(22)33)17-35-25(31)19-12-6-2-7-13-19/h1-15,21-24,27,33H,16-17H2. The van der Waals surface area contributed by atoms with Crippen LogP contribution in [0.25, 0.3) is 10.4 Å². The maximum Gasteiger partial charge on any atom is 0.338 e. The summed E-state index contributed by atoms with van der Waals surface area (Å²) in [6.45, 7) is -0.219. The van der Waals surface area contributed by atoms with E-state index >= 15 is 0 Å². The monoisotopic (exact) mass is 503 g/mol. The molecule has 0 aromatic heterocycles. The number of azide groups is 1. The Bertz CT molecular complexity index is 1220. The van der Waals surface area contributed by atoms with E-state index in [2.05, 4.69) is 10.0 Å². The Morgan fingerprint density at radius 1 is 0.865 bits per heavy atom. The third kappa shape index (κ3) is 6.72. The van der Waals surface area contributed by atoms with E-state index < -0.39 is 42.6 Å². The van der Waals surface area contributed by atoms with E-state index in [1.807, 2.05) is 30.3 Å². The number of hydrogen-bond acceptors (Lipinski definition) is 8. The Morgan fingerprint density at radius 2 is 1.43 bits per heavy atom. The van der Waals surface area contributed by atoms with Gasteiger partial charge in [0.25, 0.3) is 0 Å². The summed E-state index contributed by atoms with van der Waals surface area (Å²) in [5.74, 6) is -1.30. The molecule has 4 rings (SSSR count). The molecule has 10 nitrogen and oxygen atoms in total. The SMILES string of the molecule is [N-]=[N+]=NC1C(O)OC(COC(=O)c2ccccc2)C(OCc2ccccc2)C1OC(=O)c1ccccc1. The third-order valence-electron chi connectivity index (χ3n) is 5.74. The Morgan fingerprint density at radius 3 is 2.03 bits per heavy atom. The Hall–Kier alpha value is -4.21. The van der Waals surface area contributed by atoms with E-state index in [-0.39, 0.29) is 18.8 Å². The van der Waals surface area contributed by atoms with Gasteiger partial charge in [-0.1, -0.05) is 71.8 Å². The van der Waals surface area contributed by atoms with Crippen molar-refractivity contribution in [2.45, 2.75) is 37.3 Å². The zero-order chi connectivity index (χ0) is 26.0. The van der Waals surface area contributed by atoms with Gasteiger partial charge in [-0.3, -0.25) is 0 Å². The van der Waals surface area contributed by atoms with Crippen molar-refractivity contribution in [1.29, 1.82) is 0 Å². The first-order chi connectivity index (χ1) is 18.1. The second-order valence-corrected chi connectivity index (χ2v) is 8.22. The molecule has 1 aliphatic rings. The topological polar surface area (TPSA) is 140 Å². The molecule has 5 unspecified atom stereocenters. The van der Waals surface area contributed by atoms with Gasteiger partial charge in [0.15, 0.2) is 6.29 Å². The van der Waals surface area contributed by atoms with E-state index in [1.54, 1.807) is 60.7 Å². The molecule has 1 aliphatic heterocycles. The van der Waals surface area contributed by atoms with E-state index in [4.69, 9.17) is 24.5 Å². The van der Waals surface area contributed by atoms with Gasteiger partial charge in [-0.05, 0) is 35.4 Å². The normalized spacial score (nSPS) is 22.9. The summed E-state index contributed by atoms with van der Waals surface area (Å²) in [6, 6.07) is 24.5. The fourth-order valence-electron chi connectivity index (χ4n) is 3.91. The molecule has 0 radical (unpaired) electrons. The maximum absolute atomic E-state index is 12.9. The highest BCUT2D eigenvalue weighted by atomic mass is 16.7. The van der Waals surface area contributed by atoms with Gasteiger partial charge in [-0.2, -0.15) is 0 Å². The molecule has 5 atom stereocenters. The smallest absolute Gasteiger partial charge is 0.338 e. The summed E-state index contributed by atoms with van der Waals surface area (Å²) in [4.78, 5) is 28.2. The van der Waals surface area contributed by atoms with Crippen LogP contribution >= 0.6 is 0 Å². The Balaban J connectivity index is 1.59. The van der Waals surface area contributed by atoms with Gasteiger partial charge in [0.2, 0.25) is 0 Å². The summed E-state index contributed by atoms with van der Waals surface area (Å²) in [6.07, 6.45) is -4.96. The molecule has 0 aliphatic carbocycles. The molecule has 1 saturated heterocycles. The van der Waals surface area contributed by atoms with Crippen LogP contribution < -0.4 is 0 Å². The van der Waals surface area contributed by atoms with Gasteiger partial charge in [0, 0.05) is 4.91 Å². The Kier molecular flexibility index (Phi) is 8.85. The summed E-state index contributed by atoms with van der Waals surface area (Å²) in [7, 11) is 0. The fraction of sp³-hybridized carbons (Fsp3) is 0.259. The van der Waals surface area contributed by atoms with Crippen LogP contribution in [0.5, 0.6) is 0 Å². The van der Waals surface area contributed by atoms with Crippen LogP contribution in [0.4, 0.5) is 0 Å². The van der Waals surface area contributed by atoms with Crippen molar-refractivity contribution in [1.82, 2.24) is 0 Å². The molecule has 3 aromatic rings. The molecule has 3 aromatic carbocycles. The molecule has 1 N–H and O–H groups in total. The molecular formula is C27H25N3O7. The minimum Gasteiger partial charge on any atom is -0.459 e. The molecule has 1 heterocycles. The second kappa shape index (κ2) is 12.7. The molecule has 0 amide bonds. The van der Waals surface area contributed by atoms with Crippen molar-refractivity contribution in [2.75, 3.05) is 6.61 Å². The molecule has 190 valence electrons. The van der Waals surface area contributed by atoms with Gasteiger partial charge < -0.3 is 24.1 Å². The average Bonchev–Trinajstić information content (AvgIpc) is 2.94. The number of esters is 2. The summed E-state index contributed by atoms with van der Waals surface area (Å²) >= 11 is 0. The van der Waals surface area contributed by atoms with Crippen molar-refractivity contribution in [3.8, 4) is 0 Å². The fourth-order valence-corrected chi connectivity index (χ4v) is 3.91. The first kappa shape index (κ1) is 25.9. The summed E-state index contributed by atoms with van der Waals surface area (Å²) in [5, 5.41) is 14.3. The zero-order valence-electron chi connectivity index (χ0n) is 19.7. The lowest BCUT2D eigenvalue weighted by atomic mass is 9.96. The lowest BCUT2D eigenvalue weighted by Gasteiger charge is -2.42. The van der Waals surface area contributed by atoms with Crippen LogP contribution in [-0.2, 0) is 25.6 Å². The highest BCUT2D eigenvalue weighted by Gasteiger charge is 2.49. The van der Waals surface area contributed by atoms with Crippen LogP contribution in [0, 0.1) is 0 Å². The highest BCUT2D eigenvalue weighted by Crippen LogP contribution is 2.29. The molecule has 1 fully saturated rings. The average molecular weight is 504 g/mol. The molecule has 0 spiro atoms. The van der Waals surface area contributed by atoms with Crippen LogP contribution in [0.15, 0.2) is 96.1 Å². The Labute approximate surface area is 213 Å². The van der Waals surface area contributed by atoms with E-state index in [9.17, 15) is 14.7 Å². The number of benzene rings is 3. The number of carbonyl (C=O) groups is 2. The van der Waals surface area contributed by atoms with Gasteiger partial charge in [-0.15, -0.1) is 0 Å². The molecular weight excluding hydrogens is 478 g/mol. The van der Waals surface area contributed by atoms with E-state index in [0.29, 0.717) is 5.56 Å². The quantitative estimate of drug-likeness (QED) is 0.201. The molecule has 37 heavy (non-hydrogen) atoms. The number of carbonyl (C=O) groups excluding carboxylic acids is 2. The van der Waals surface area contributed by atoms with Crippen molar-refractivity contribution in [2.24, 2.45) is 5.11 Å². The van der Waals surface area contributed by atoms with Crippen LogP contribution in [0.1, 0.15) is 26.3 Å². The zero-order valence-corrected chi connectivity index (χ0v) is 19.7. The lowest BCUT2D eigenvalue weighted by Crippen LogP contribution is -2.60. The molecule has 0 saturated carbocycles. The first-order valence-electron chi connectivity index (χ1n) is 11.6. The van der Waals surface area contributed by atoms with E-state index in [0.717, 1.165) is 5.56 Å². The number of rotatable bonds is 9. The predicted molar refractivity (Wildman–Crippen MR) is 131 cm³/mol. The number of nitrogens with zero attached hydrogens (tertiary/aromatic N) is 3. The molecule has 0 bridgehead atoms. The van der Waals surface area contributed by atoms with Gasteiger partial charge in [-0.25, -0.2) is 9.59 Å². The number of ether oxygens (including phenoxy) is 4. The van der Waals surface area contributed by atoms with Crippen molar-refractivity contribution < 1.29 is 33.6 Å². The minimum absolute atomic E-state index is 0.0937. The molecule has 10 heteroatoms. The van der Waals surface area contributed by atoms with Crippen molar-refractivity contribution in [3.63, 3.8) is 0 Å². The third-order valence-corrected chi connectivity index (χ3v) is 5.74. The van der Waals surface area contributed by atoms with E-state index in [1.165, 1.54) is 0 Å². The van der Waals surface area contributed by atoms with Crippen molar-refractivity contribution >= 4 is 11.9 Å². The number of aliphatic hydroxyl groups is 1. The largest absolute Gasteiger partial charge is 0.459 e. The highest BCUT2D eigenvalue weighted by molar-refractivity contribution is 5.90. The summed E-state index contributed by atoms with van der Waals surface area (Å²) in [5.41, 5.74) is 10.5. The van der Waals surface area contributed by atoms with Crippen LogP contribution in [0.2, 0.25) is 0 Å². The van der Waals surface area contributed by atoms with Crippen LogP contribution in [-0.4, -0.2) is 54.3 Å². The maximum atomic E-state index is 12.9. The minimum atomic E-state index is -1.64. The second-order valence-electron chi connectivity index (χ2n) is 8.22. The number of hydrogen-bond donors (Lipinski definition) is 1. The lowest BCUT2D eigenvalue weighted by molar-refractivity contribution is -0.260.